The maximum Gasteiger partial charge on any atom is 0.224 e. The van der Waals surface area contributed by atoms with E-state index in [1.807, 2.05) is 6.92 Å². The second-order valence-electron chi connectivity index (χ2n) is 4.95. The fourth-order valence-corrected chi connectivity index (χ4v) is 2.36. The molecule has 1 aliphatic heterocycles. The first kappa shape index (κ1) is 13.9. The SMILES string of the molecule is CC1NCCCC1NC(=O)Cc1cccc(F)c1F. The molecular weight excluding hydrogens is 250 g/mol. The molecule has 0 aliphatic carbocycles. The minimum Gasteiger partial charge on any atom is -0.352 e. The van der Waals surface area contributed by atoms with Gasteiger partial charge >= 0.3 is 0 Å². The summed E-state index contributed by atoms with van der Waals surface area (Å²) in [7, 11) is 0. The average Bonchev–Trinajstić information content (AvgIpc) is 2.38. The third kappa shape index (κ3) is 3.50. The van der Waals surface area contributed by atoms with E-state index in [2.05, 4.69) is 10.6 Å². The van der Waals surface area contributed by atoms with Crippen molar-refractivity contribution >= 4 is 5.91 Å². The number of carbonyl (C=O) groups excluding carboxylic acids is 1. The van der Waals surface area contributed by atoms with Crippen LogP contribution in [0.5, 0.6) is 0 Å². The lowest BCUT2D eigenvalue weighted by Gasteiger charge is -2.30. The molecule has 1 fully saturated rings. The average molecular weight is 268 g/mol. The molecule has 19 heavy (non-hydrogen) atoms. The maximum atomic E-state index is 13.4. The van der Waals surface area contributed by atoms with E-state index in [-0.39, 0.29) is 30.0 Å². The van der Waals surface area contributed by atoms with Crippen LogP contribution in [0.4, 0.5) is 8.78 Å². The van der Waals surface area contributed by atoms with Gasteiger partial charge in [-0.2, -0.15) is 0 Å². The lowest BCUT2D eigenvalue weighted by molar-refractivity contribution is -0.121. The Hall–Kier alpha value is -1.49. The minimum absolute atomic E-state index is 0.0536. The van der Waals surface area contributed by atoms with Crippen molar-refractivity contribution < 1.29 is 13.6 Å². The van der Waals surface area contributed by atoms with E-state index in [0.717, 1.165) is 25.5 Å². The van der Waals surface area contributed by atoms with Crippen LogP contribution in [-0.4, -0.2) is 24.5 Å². The first-order valence-electron chi connectivity index (χ1n) is 6.53. The Bertz CT molecular complexity index is 465. The highest BCUT2D eigenvalue weighted by Gasteiger charge is 2.22. The molecule has 3 nitrogen and oxygen atoms in total. The Morgan fingerprint density at radius 1 is 1.47 bits per heavy atom. The molecule has 2 unspecified atom stereocenters. The number of piperidine rings is 1. The molecule has 0 radical (unpaired) electrons. The van der Waals surface area contributed by atoms with Crippen molar-refractivity contribution in [2.75, 3.05) is 6.54 Å². The Labute approximate surface area is 111 Å². The molecule has 2 atom stereocenters. The van der Waals surface area contributed by atoms with E-state index in [1.165, 1.54) is 12.1 Å². The Morgan fingerprint density at radius 2 is 2.26 bits per heavy atom. The highest BCUT2D eigenvalue weighted by atomic mass is 19.2. The third-order valence-corrected chi connectivity index (χ3v) is 3.49. The molecule has 1 saturated heterocycles. The van der Waals surface area contributed by atoms with Crippen LogP contribution < -0.4 is 10.6 Å². The summed E-state index contributed by atoms with van der Waals surface area (Å²) in [5.41, 5.74) is 0.0916. The second-order valence-corrected chi connectivity index (χ2v) is 4.95. The lowest BCUT2D eigenvalue weighted by Crippen LogP contribution is -2.52. The Kier molecular flexibility index (Phi) is 4.47. The highest BCUT2D eigenvalue weighted by molar-refractivity contribution is 5.79. The molecule has 1 aromatic rings. The van der Waals surface area contributed by atoms with Crippen LogP contribution in [0.1, 0.15) is 25.3 Å². The summed E-state index contributed by atoms with van der Waals surface area (Å²) in [6.07, 6.45) is 1.78. The second kappa shape index (κ2) is 6.10. The number of rotatable bonds is 3. The van der Waals surface area contributed by atoms with E-state index in [9.17, 15) is 13.6 Å². The van der Waals surface area contributed by atoms with Gasteiger partial charge in [0.1, 0.15) is 0 Å². The summed E-state index contributed by atoms with van der Waals surface area (Å²) in [5.74, 6) is -2.13. The fourth-order valence-electron chi connectivity index (χ4n) is 2.36. The predicted molar refractivity (Wildman–Crippen MR) is 68.7 cm³/mol. The molecule has 5 heteroatoms. The van der Waals surface area contributed by atoms with Gasteiger partial charge in [-0.15, -0.1) is 0 Å². The van der Waals surface area contributed by atoms with Gasteiger partial charge in [0.2, 0.25) is 5.91 Å². The molecule has 0 saturated carbocycles. The van der Waals surface area contributed by atoms with Gasteiger partial charge in [-0.25, -0.2) is 8.78 Å². The van der Waals surface area contributed by atoms with Gasteiger partial charge < -0.3 is 10.6 Å². The van der Waals surface area contributed by atoms with Gasteiger partial charge in [-0.1, -0.05) is 12.1 Å². The van der Waals surface area contributed by atoms with Gasteiger partial charge in [0, 0.05) is 17.6 Å². The van der Waals surface area contributed by atoms with Gasteiger partial charge in [0.15, 0.2) is 11.6 Å². The van der Waals surface area contributed by atoms with E-state index in [4.69, 9.17) is 0 Å². The van der Waals surface area contributed by atoms with E-state index >= 15 is 0 Å². The number of halogens is 2. The van der Waals surface area contributed by atoms with Crippen LogP contribution in [-0.2, 0) is 11.2 Å². The molecule has 2 N–H and O–H groups in total. The van der Waals surface area contributed by atoms with Gasteiger partial charge in [0.05, 0.1) is 6.42 Å². The first-order valence-corrected chi connectivity index (χ1v) is 6.53. The molecule has 2 rings (SSSR count). The van der Waals surface area contributed by atoms with Gasteiger partial charge in [-0.05, 0) is 32.4 Å². The molecule has 0 bridgehead atoms. The van der Waals surface area contributed by atoms with Crippen molar-refractivity contribution in [3.63, 3.8) is 0 Å². The topological polar surface area (TPSA) is 41.1 Å². The summed E-state index contributed by atoms with van der Waals surface area (Å²) >= 11 is 0. The van der Waals surface area contributed by atoms with Crippen molar-refractivity contribution in [3.8, 4) is 0 Å². The van der Waals surface area contributed by atoms with Crippen LogP contribution in [0.15, 0.2) is 18.2 Å². The summed E-state index contributed by atoms with van der Waals surface area (Å²) in [5, 5.41) is 6.15. The zero-order chi connectivity index (χ0) is 13.8. The lowest BCUT2D eigenvalue weighted by atomic mass is 9.99. The normalized spacial score (nSPS) is 23.1. The van der Waals surface area contributed by atoms with E-state index < -0.39 is 11.6 Å². The van der Waals surface area contributed by atoms with Crippen molar-refractivity contribution in [2.45, 2.75) is 38.3 Å². The summed E-state index contributed by atoms with van der Waals surface area (Å²) in [4.78, 5) is 11.9. The quantitative estimate of drug-likeness (QED) is 0.877. The molecule has 0 aromatic heterocycles. The van der Waals surface area contributed by atoms with Crippen LogP contribution in [0.2, 0.25) is 0 Å². The third-order valence-electron chi connectivity index (χ3n) is 3.49. The van der Waals surface area contributed by atoms with E-state index in [1.54, 1.807) is 0 Å². The molecule has 0 spiro atoms. The van der Waals surface area contributed by atoms with Crippen molar-refractivity contribution in [1.82, 2.24) is 10.6 Å². The summed E-state index contributed by atoms with van der Waals surface area (Å²) in [6.45, 7) is 2.96. The molecule has 1 aliphatic rings. The summed E-state index contributed by atoms with van der Waals surface area (Å²) < 4.78 is 26.5. The van der Waals surface area contributed by atoms with E-state index in [0.29, 0.717) is 0 Å². The van der Waals surface area contributed by atoms with Crippen LogP contribution in [0.3, 0.4) is 0 Å². The number of amides is 1. The smallest absolute Gasteiger partial charge is 0.224 e. The standard InChI is InChI=1S/C14H18F2N2O/c1-9-12(6-3-7-17-9)18-13(19)8-10-4-2-5-11(15)14(10)16/h2,4-5,9,12,17H,3,6-8H2,1H3,(H,18,19). The maximum absolute atomic E-state index is 13.4. The minimum atomic E-state index is -0.938. The van der Waals surface area contributed by atoms with Crippen molar-refractivity contribution in [3.05, 3.63) is 35.4 Å². The Morgan fingerprint density at radius 3 is 3.00 bits per heavy atom. The summed E-state index contributed by atoms with van der Waals surface area (Å²) in [6, 6.07) is 4.14. The number of hydrogen-bond donors (Lipinski definition) is 2. The number of nitrogens with one attached hydrogen (secondary N) is 2. The molecule has 104 valence electrons. The van der Waals surface area contributed by atoms with Crippen LogP contribution >= 0.6 is 0 Å². The zero-order valence-electron chi connectivity index (χ0n) is 10.9. The number of benzene rings is 1. The predicted octanol–water partition coefficient (Wildman–Crippen LogP) is 1.76. The van der Waals surface area contributed by atoms with Crippen molar-refractivity contribution in [1.29, 1.82) is 0 Å². The van der Waals surface area contributed by atoms with Gasteiger partial charge in [-0.3, -0.25) is 4.79 Å². The number of carbonyl (C=O) groups is 1. The highest BCUT2D eigenvalue weighted by Crippen LogP contribution is 2.13. The largest absolute Gasteiger partial charge is 0.352 e. The van der Waals surface area contributed by atoms with Crippen molar-refractivity contribution in [2.24, 2.45) is 0 Å². The number of hydrogen-bond acceptors (Lipinski definition) is 2. The van der Waals surface area contributed by atoms with Crippen LogP contribution in [0, 0.1) is 11.6 Å². The van der Waals surface area contributed by atoms with Gasteiger partial charge in [0.25, 0.3) is 0 Å². The first-order chi connectivity index (χ1) is 9.08. The molecule has 1 amide bonds. The molecule has 1 heterocycles. The zero-order valence-corrected chi connectivity index (χ0v) is 10.9. The van der Waals surface area contributed by atoms with Crippen LogP contribution in [0.25, 0.3) is 0 Å². The fraction of sp³-hybridized carbons (Fsp3) is 0.500. The molecule has 1 aromatic carbocycles. The molecular formula is C14H18F2N2O. The Balaban J connectivity index is 1.95. The monoisotopic (exact) mass is 268 g/mol.